The summed E-state index contributed by atoms with van der Waals surface area (Å²) in [6, 6.07) is 0. The molecule has 0 aromatic carbocycles. The highest BCUT2D eigenvalue weighted by Crippen LogP contribution is 2.15. The van der Waals surface area contributed by atoms with Crippen molar-refractivity contribution in [2.24, 2.45) is 5.92 Å². The molecule has 1 heteroatoms. The summed E-state index contributed by atoms with van der Waals surface area (Å²) in [5, 5.41) is 0. The van der Waals surface area contributed by atoms with Crippen molar-refractivity contribution in [2.45, 2.75) is 84.5 Å². The maximum atomic E-state index is 5.23. The van der Waals surface area contributed by atoms with Gasteiger partial charge in [0.05, 0.1) is 0 Å². The molecule has 0 heterocycles. The van der Waals surface area contributed by atoms with E-state index in [-0.39, 0.29) is 0 Å². The normalized spacial score (nSPS) is 12.9. The Labute approximate surface area is 109 Å². The van der Waals surface area contributed by atoms with Gasteiger partial charge in [0, 0.05) is 13.7 Å². The van der Waals surface area contributed by atoms with Gasteiger partial charge in [-0.2, -0.15) is 0 Å². The van der Waals surface area contributed by atoms with Crippen LogP contribution >= 0.6 is 0 Å². The maximum absolute atomic E-state index is 5.23. The van der Waals surface area contributed by atoms with Crippen LogP contribution in [0.3, 0.4) is 0 Å². The quantitative estimate of drug-likeness (QED) is 0.383. The van der Waals surface area contributed by atoms with Crippen LogP contribution in [0.15, 0.2) is 0 Å². The van der Waals surface area contributed by atoms with Crippen LogP contribution in [-0.4, -0.2) is 13.7 Å². The third-order valence-corrected chi connectivity index (χ3v) is 3.70. The Kier molecular flexibility index (Phi) is 14.0. The van der Waals surface area contributed by atoms with Crippen molar-refractivity contribution in [2.75, 3.05) is 13.7 Å². The molecule has 0 N–H and O–H groups in total. The summed E-state index contributed by atoms with van der Waals surface area (Å²) < 4.78 is 5.23. The molecule has 0 aromatic heterocycles. The lowest BCUT2D eigenvalue weighted by atomic mass is 9.98. The summed E-state index contributed by atoms with van der Waals surface area (Å²) >= 11 is 0. The zero-order chi connectivity index (χ0) is 12.8. The van der Waals surface area contributed by atoms with E-state index >= 15 is 0 Å². The van der Waals surface area contributed by atoms with Gasteiger partial charge in [-0.25, -0.2) is 0 Å². The van der Waals surface area contributed by atoms with Gasteiger partial charge in [0.2, 0.25) is 0 Å². The first-order chi connectivity index (χ1) is 8.35. The van der Waals surface area contributed by atoms with E-state index in [1.165, 1.54) is 70.6 Å². The summed E-state index contributed by atoms with van der Waals surface area (Å²) in [7, 11) is 1.82. The fraction of sp³-hybridized carbons (Fsp3) is 1.00. The zero-order valence-electron chi connectivity index (χ0n) is 12.5. The molecule has 0 amide bonds. The number of ether oxygens (including phenoxy) is 1. The van der Waals surface area contributed by atoms with E-state index in [0.717, 1.165) is 12.5 Å². The van der Waals surface area contributed by atoms with Gasteiger partial charge in [0.1, 0.15) is 0 Å². The number of rotatable bonds is 13. The lowest BCUT2D eigenvalue weighted by molar-refractivity contribution is 0.144. The van der Waals surface area contributed by atoms with E-state index in [9.17, 15) is 0 Å². The molecule has 17 heavy (non-hydrogen) atoms. The maximum Gasteiger partial charge on any atom is 0.0490 e. The van der Waals surface area contributed by atoms with E-state index < -0.39 is 0 Å². The van der Waals surface area contributed by atoms with Crippen LogP contribution in [-0.2, 0) is 4.74 Å². The molecular formula is C16H34O. The van der Waals surface area contributed by atoms with Crippen LogP contribution in [0.2, 0.25) is 0 Å². The SMILES string of the molecule is CCCCCCCCCCC[C@H](CC)COC. The second-order valence-corrected chi connectivity index (χ2v) is 5.35. The minimum Gasteiger partial charge on any atom is -0.384 e. The topological polar surface area (TPSA) is 9.23 Å². The van der Waals surface area contributed by atoms with Crippen molar-refractivity contribution in [1.82, 2.24) is 0 Å². The Morgan fingerprint density at radius 3 is 1.76 bits per heavy atom. The van der Waals surface area contributed by atoms with Crippen molar-refractivity contribution in [1.29, 1.82) is 0 Å². The van der Waals surface area contributed by atoms with Crippen LogP contribution in [0.25, 0.3) is 0 Å². The summed E-state index contributed by atoms with van der Waals surface area (Å²) in [5.41, 5.74) is 0. The Morgan fingerprint density at radius 1 is 0.765 bits per heavy atom. The van der Waals surface area contributed by atoms with Crippen LogP contribution in [0.4, 0.5) is 0 Å². The van der Waals surface area contributed by atoms with Crippen molar-refractivity contribution in [3.05, 3.63) is 0 Å². The average molecular weight is 242 g/mol. The number of methoxy groups -OCH3 is 1. The molecule has 1 nitrogen and oxygen atoms in total. The van der Waals surface area contributed by atoms with Gasteiger partial charge in [0.25, 0.3) is 0 Å². The standard InChI is InChI=1S/C16H34O/c1-4-6-7-8-9-10-11-12-13-14-16(5-2)15-17-3/h16H,4-15H2,1-3H3/t16-/m0/s1. The van der Waals surface area contributed by atoms with E-state index in [1.54, 1.807) is 0 Å². The van der Waals surface area contributed by atoms with Crippen LogP contribution < -0.4 is 0 Å². The molecule has 0 aliphatic carbocycles. The Balaban J connectivity index is 3.11. The Bertz CT molecular complexity index is 133. The minimum atomic E-state index is 0.796. The van der Waals surface area contributed by atoms with Gasteiger partial charge >= 0.3 is 0 Å². The van der Waals surface area contributed by atoms with Gasteiger partial charge in [-0.1, -0.05) is 78.1 Å². The van der Waals surface area contributed by atoms with E-state index in [0.29, 0.717) is 0 Å². The number of hydrogen-bond donors (Lipinski definition) is 0. The molecular weight excluding hydrogens is 208 g/mol. The molecule has 0 saturated carbocycles. The van der Waals surface area contributed by atoms with Crippen molar-refractivity contribution in [3.8, 4) is 0 Å². The minimum absolute atomic E-state index is 0.796. The number of unbranched alkanes of at least 4 members (excludes halogenated alkanes) is 8. The molecule has 0 unspecified atom stereocenters. The van der Waals surface area contributed by atoms with Crippen molar-refractivity contribution in [3.63, 3.8) is 0 Å². The van der Waals surface area contributed by atoms with Crippen LogP contribution in [0.5, 0.6) is 0 Å². The molecule has 0 aliphatic rings. The summed E-state index contributed by atoms with van der Waals surface area (Å²) in [5.74, 6) is 0.796. The monoisotopic (exact) mass is 242 g/mol. The summed E-state index contributed by atoms with van der Waals surface area (Å²) in [6.07, 6.45) is 15.5. The van der Waals surface area contributed by atoms with Crippen molar-refractivity contribution < 1.29 is 4.74 Å². The first kappa shape index (κ1) is 17.0. The summed E-state index contributed by atoms with van der Waals surface area (Å²) in [4.78, 5) is 0. The molecule has 1 atom stereocenters. The highest BCUT2D eigenvalue weighted by Gasteiger charge is 2.04. The van der Waals surface area contributed by atoms with Gasteiger partial charge in [-0.15, -0.1) is 0 Å². The summed E-state index contributed by atoms with van der Waals surface area (Å²) in [6.45, 7) is 5.51. The van der Waals surface area contributed by atoms with Crippen LogP contribution in [0, 0.1) is 5.92 Å². The lowest BCUT2D eigenvalue weighted by Crippen LogP contribution is -2.06. The fourth-order valence-electron chi connectivity index (χ4n) is 2.38. The van der Waals surface area contributed by atoms with Gasteiger partial charge in [0.15, 0.2) is 0 Å². The first-order valence-electron chi connectivity index (χ1n) is 7.84. The van der Waals surface area contributed by atoms with E-state index in [2.05, 4.69) is 13.8 Å². The second kappa shape index (κ2) is 14.0. The zero-order valence-corrected chi connectivity index (χ0v) is 12.5. The highest BCUT2D eigenvalue weighted by atomic mass is 16.5. The molecule has 0 fully saturated rings. The predicted octanol–water partition coefficient (Wildman–Crippen LogP) is 5.58. The van der Waals surface area contributed by atoms with Gasteiger partial charge in [-0.3, -0.25) is 0 Å². The van der Waals surface area contributed by atoms with Crippen molar-refractivity contribution >= 4 is 0 Å². The molecule has 0 aliphatic heterocycles. The Morgan fingerprint density at radius 2 is 1.29 bits per heavy atom. The largest absolute Gasteiger partial charge is 0.384 e. The second-order valence-electron chi connectivity index (χ2n) is 5.35. The molecule has 0 bridgehead atoms. The third-order valence-electron chi connectivity index (χ3n) is 3.70. The fourth-order valence-corrected chi connectivity index (χ4v) is 2.38. The molecule has 0 rings (SSSR count). The average Bonchev–Trinajstić information content (AvgIpc) is 2.35. The predicted molar refractivity (Wildman–Crippen MR) is 77.5 cm³/mol. The molecule has 104 valence electrons. The molecule has 0 saturated heterocycles. The molecule has 0 aromatic rings. The van der Waals surface area contributed by atoms with E-state index in [4.69, 9.17) is 4.74 Å². The van der Waals surface area contributed by atoms with Gasteiger partial charge in [-0.05, 0) is 12.3 Å². The van der Waals surface area contributed by atoms with Crippen LogP contribution in [0.1, 0.15) is 84.5 Å². The number of hydrogen-bond acceptors (Lipinski definition) is 1. The van der Waals surface area contributed by atoms with Gasteiger partial charge < -0.3 is 4.74 Å². The third kappa shape index (κ3) is 12.2. The Hall–Kier alpha value is -0.0400. The lowest BCUT2D eigenvalue weighted by Gasteiger charge is -2.12. The molecule has 0 radical (unpaired) electrons. The first-order valence-corrected chi connectivity index (χ1v) is 7.84. The smallest absolute Gasteiger partial charge is 0.0490 e. The van der Waals surface area contributed by atoms with E-state index in [1.807, 2.05) is 7.11 Å². The highest BCUT2D eigenvalue weighted by molar-refractivity contribution is 4.56. The molecule has 0 spiro atoms.